The molecular weight excluding hydrogens is 314 g/mol. The quantitative estimate of drug-likeness (QED) is 0.802. The van der Waals surface area contributed by atoms with E-state index in [2.05, 4.69) is 15.5 Å². The molecule has 0 saturated carbocycles. The van der Waals surface area contributed by atoms with Crippen molar-refractivity contribution in [3.05, 3.63) is 28.8 Å². The molecule has 2 aromatic rings. The number of methoxy groups -OCH3 is 1. The molecule has 2 rings (SSSR count). The maximum absolute atomic E-state index is 12.0. The fourth-order valence-electron chi connectivity index (χ4n) is 2.03. The first kappa shape index (κ1) is 17.2. The van der Waals surface area contributed by atoms with Crippen LogP contribution in [0.4, 0.5) is 5.13 Å². The lowest BCUT2D eigenvalue weighted by Gasteiger charge is -2.10. The van der Waals surface area contributed by atoms with Crippen LogP contribution in [0.3, 0.4) is 0 Å². The summed E-state index contributed by atoms with van der Waals surface area (Å²) in [5.41, 5.74) is 1.02. The normalized spacial score (nSPS) is 10.4. The zero-order chi connectivity index (χ0) is 16.7. The Bertz CT molecular complexity index is 658. The van der Waals surface area contributed by atoms with Crippen LogP contribution >= 0.6 is 11.3 Å². The first-order valence-corrected chi connectivity index (χ1v) is 8.39. The summed E-state index contributed by atoms with van der Waals surface area (Å²) in [6, 6.07) is 5.72. The molecule has 1 aromatic heterocycles. The van der Waals surface area contributed by atoms with Crippen LogP contribution in [0, 0.1) is 0 Å². The number of aromatic nitrogens is 2. The molecule has 0 aliphatic rings. The predicted octanol–water partition coefficient (Wildman–Crippen LogP) is 3.08. The van der Waals surface area contributed by atoms with Crippen LogP contribution in [0.5, 0.6) is 11.5 Å². The van der Waals surface area contributed by atoms with Gasteiger partial charge in [-0.25, -0.2) is 0 Å². The molecule has 1 N–H and O–H groups in total. The first-order chi connectivity index (χ1) is 11.2. The van der Waals surface area contributed by atoms with Crippen LogP contribution in [-0.4, -0.2) is 29.8 Å². The Hall–Kier alpha value is -2.15. The zero-order valence-electron chi connectivity index (χ0n) is 13.6. The fourth-order valence-corrected chi connectivity index (χ4v) is 2.72. The summed E-state index contributed by atoms with van der Waals surface area (Å²) in [6.07, 6.45) is 1.81. The maximum atomic E-state index is 12.0. The van der Waals surface area contributed by atoms with E-state index in [1.807, 2.05) is 32.0 Å². The number of anilines is 1. The predicted molar refractivity (Wildman–Crippen MR) is 90.4 cm³/mol. The SMILES string of the molecule is CCOc1ccc(CCC(=O)Nc2nnc(CC)s2)cc1OC. The minimum Gasteiger partial charge on any atom is -0.493 e. The van der Waals surface area contributed by atoms with Gasteiger partial charge < -0.3 is 14.8 Å². The Morgan fingerprint density at radius 1 is 1.26 bits per heavy atom. The first-order valence-electron chi connectivity index (χ1n) is 7.58. The van der Waals surface area contributed by atoms with Gasteiger partial charge in [-0.2, -0.15) is 0 Å². The minimum absolute atomic E-state index is 0.0725. The number of carbonyl (C=O) groups excluding carboxylic acids is 1. The van der Waals surface area contributed by atoms with Gasteiger partial charge in [0.15, 0.2) is 11.5 Å². The van der Waals surface area contributed by atoms with Gasteiger partial charge >= 0.3 is 0 Å². The largest absolute Gasteiger partial charge is 0.493 e. The summed E-state index contributed by atoms with van der Waals surface area (Å²) >= 11 is 1.41. The maximum Gasteiger partial charge on any atom is 0.226 e. The molecule has 1 amide bonds. The van der Waals surface area contributed by atoms with Gasteiger partial charge in [0.25, 0.3) is 0 Å². The van der Waals surface area contributed by atoms with E-state index in [9.17, 15) is 4.79 Å². The van der Waals surface area contributed by atoms with Crippen molar-refractivity contribution >= 4 is 22.4 Å². The van der Waals surface area contributed by atoms with Crippen molar-refractivity contribution in [1.82, 2.24) is 10.2 Å². The lowest BCUT2D eigenvalue weighted by Crippen LogP contribution is -2.12. The molecule has 1 aromatic carbocycles. The van der Waals surface area contributed by atoms with Gasteiger partial charge in [-0.1, -0.05) is 24.3 Å². The third-order valence-electron chi connectivity index (χ3n) is 3.18. The summed E-state index contributed by atoms with van der Waals surface area (Å²) in [4.78, 5) is 12.0. The molecule has 0 aliphatic heterocycles. The minimum atomic E-state index is -0.0725. The summed E-state index contributed by atoms with van der Waals surface area (Å²) in [7, 11) is 1.61. The number of carbonyl (C=O) groups is 1. The monoisotopic (exact) mass is 335 g/mol. The molecule has 0 spiro atoms. The van der Waals surface area contributed by atoms with Gasteiger partial charge in [-0.3, -0.25) is 4.79 Å². The van der Waals surface area contributed by atoms with E-state index in [0.29, 0.717) is 36.1 Å². The van der Waals surface area contributed by atoms with Crippen molar-refractivity contribution in [2.24, 2.45) is 0 Å². The van der Waals surface area contributed by atoms with Crippen molar-refractivity contribution in [3.63, 3.8) is 0 Å². The van der Waals surface area contributed by atoms with Gasteiger partial charge in [0.05, 0.1) is 13.7 Å². The van der Waals surface area contributed by atoms with Gasteiger partial charge in [-0.15, -0.1) is 10.2 Å². The fraction of sp³-hybridized carbons (Fsp3) is 0.438. The molecule has 0 unspecified atom stereocenters. The smallest absolute Gasteiger partial charge is 0.226 e. The summed E-state index contributed by atoms with van der Waals surface area (Å²) < 4.78 is 10.8. The van der Waals surface area contributed by atoms with Gasteiger partial charge in [0.1, 0.15) is 5.01 Å². The van der Waals surface area contributed by atoms with Crippen LogP contribution in [0.15, 0.2) is 18.2 Å². The highest BCUT2D eigenvalue weighted by Gasteiger charge is 2.09. The van der Waals surface area contributed by atoms with E-state index < -0.39 is 0 Å². The molecule has 0 bridgehead atoms. The Balaban J connectivity index is 1.90. The standard InChI is InChI=1S/C16H21N3O3S/c1-4-15-18-19-16(23-15)17-14(20)9-7-11-6-8-12(22-5-2)13(10-11)21-3/h6,8,10H,4-5,7,9H2,1-3H3,(H,17,19,20). The van der Waals surface area contributed by atoms with E-state index in [0.717, 1.165) is 17.0 Å². The third-order valence-corrected chi connectivity index (χ3v) is 4.17. The van der Waals surface area contributed by atoms with Gasteiger partial charge in [0, 0.05) is 6.42 Å². The molecule has 23 heavy (non-hydrogen) atoms. The molecule has 0 saturated heterocycles. The van der Waals surface area contributed by atoms with E-state index in [-0.39, 0.29) is 5.91 Å². The highest BCUT2D eigenvalue weighted by Crippen LogP contribution is 2.28. The number of nitrogens with one attached hydrogen (secondary N) is 1. The number of rotatable bonds is 8. The Kier molecular flexibility index (Phi) is 6.34. The van der Waals surface area contributed by atoms with E-state index in [1.165, 1.54) is 11.3 Å². The molecule has 1 heterocycles. The van der Waals surface area contributed by atoms with E-state index >= 15 is 0 Å². The van der Waals surface area contributed by atoms with E-state index in [1.54, 1.807) is 7.11 Å². The van der Waals surface area contributed by atoms with Crippen LogP contribution in [-0.2, 0) is 17.6 Å². The number of ether oxygens (including phenoxy) is 2. The molecule has 7 heteroatoms. The van der Waals surface area contributed by atoms with Gasteiger partial charge in [-0.05, 0) is 37.5 Å². The summed E-state index contributed by atoms with van der Waals surface area (Å²) in [5.74, 6) is 1.32. The third kappa shape index (κ3) is 4.92. The average molecular weight is 335 g/mol. The van der Waals surface area contributed by atoms with Crippen molar-refractivity contribution in [2.45, 2.75) is 33.1 Å². The molecular formula is C16H21N3O3S. The highest BCUT2D eigenvalue weighted by atomic mass is 32.1. The second-order valence-electron chi connectivity index (χ2n) is 4.82. The molecule has 0 radical (unpaired) electrons. The topological polar surface area (TPSA) is 73.3 Å². The number of aryl methyl sites for hydroxylation is 2. The molecule has 0 fully saturated rings. The number of amides is 1. The summed E-state index contributed by atoms with van der Waals surface area (Å²) in [5, 5.41) is 12.2. The van der Waals surface area contributed by atoms with Gasteiger partial charge in [0.2, 0.25) is 11.0 Å². The van der Waals surface area contributed by atoms with Crippen LogP contribution in [0.25, 0.3) is 0 Å². The van der Waals surface area contributed by atoms with Crippen LogP contribution < -0.4 is 14.8 Å². The van der Waals surface area contributed by atoms with Crippen molar-refractivity contribution < 1.29 is 14.3 Å². The number of benzene rings is 1. The molecule has 6 nitrogen and oxygen atoms in total. The van der Waals surface area contributed by atoms with Crippen LogP contribution in [0.2, 0.25) is 0 Å². The Morgan fingerprint density at radius 3 is 2.74 bits per heavy atom. The number of hydrogen-bond acceptors (Lipinski definition) is 6. The van der Waals surface area contributed by atoms with Crippen molar-refractivity contribution in [2.75, 3.05) is 19.0 Å². The van der Waals surface area contributed by atoms with Crippen molar-refractivity contribution in [1.29, 1.82) is 0 Å². The van der Waals surface area contributed by atoms with Crippen molar-refractivity contribution in [3.8, 4) is 11.5 Å². The number of nitrogens with zero attached hydrogens (tertiary/aromatic N) is 2. The lowest BCUT2D eigenvalue weighted by molar-refractivity contribution is -0.116. The highest BCUT2D eigenvalue weighted by molar-refractivity contribution is 7.15. The average Bonchev–Trinajstić information content (AvgIpc) is 3.01. The second kappa shape index (κ2) is 8.47. The Labute approximate surface area is 139 Å². The molecule has 124 valence electrons. The van der Waals surface area contributed by atoms with E-state index in [4.69, 9.17) is 9.47 Å². The zero-order valence-corrected chi connectivity index (χ0v) is 14.4. The van der Waals surface area contributed by atoms with Crippen LogP contribution in [0.1, 0.15) is 30.8 Å². The number of hydrogen-bond donors (Lipinski definition) is 1. The Morgan fingerprint density at radius 2 is 2.09 bits per heavy atom. The molecule has 0 aliphatic carbocycles. The summed E-state index contributed by atoms with van der Waals surface area (Å²) in [6.45, 7) is 4.51. The molecule has 0 atom stereocenters. The second-order valence-corrected chi connectivity index (χ2v) is 5.88. The lowest BCUT2D eigenvalue weighted by atomic mass is 10.1.